The average Bonchev–Trinajstić information content (AvgIpc) is 2.31. The molecule has 0 aromatic heterocycles. The van der Waals surface area contributed by atoms with Crippen LogP contribution in [0.3, 0.4) is 0 Å². The minimum atomic E-state index is -0.843. The molecule has 0 spiro atoms. The lowest BCUT2D eigenvalue weighted by atomic mass is 9.93. The predicted molar refractivity (Wildman–Crippen MR) is 67.5 cm³/mol. The van der Waals surface area contributed by atoms with Gasteiger partial charge in [0.2, 0.25) is 5.91 Å². The van der Waals surface area contributed by atoms with Gasteiger partial charge in [-0.15, -0.1) is 0 Å². The Kier molecular flexibility index (Phi) is 4.37. The number of methoxy groups -OCH3 is 1. The van der Waals surface area contributed by atoms with Crippen molar-refractivity contribution in [3.05, 3.63) is 23.2 Å². The van der Waals surface area contributed by atoms with Crippen LogP contribution in [0.5, 0.6) is 5.75 Å². The zero-order valence-electron chi connectivity index (χ0n) is 10.1. The van der Waals surface area contributed by atoms with Gasteiger partial charge in [-0.2, -0.15) is 0 Å². The summed E-state index contributed by atoms with van der Waals surface area (Å²) in [5, 5.41) is 12.3. The van der Waals surface area contributed by atoms with Gasteiger partial charge in [0, 0.05) is 11.1 Å². The fourth-order valence-corrected chi connectivity index (χ4v) is 1.29. The lowest BCUT2D eigenvalue weighted by Gasteiger charge is -2.21. The highest BCUT2D eigenvalue weighted by Gasteiger charge is 2.27. The maximum absolute atomic E-state index is 11.9. The van der Waals surface area contributed by atoms with Gasteiger partial charge in [-0.05, 0) is 26.0 Å². The Labute approximate surface area is 106 Å². The van der Waals surface area contributed by atoms with Crippen LogP contribution >= 0.6 is 11.6 Å². The molecule has 17 heavy (non-hydrogen) atoms. The number of aliphatic hydroxyl groups excluding tert-OH is 1. The zero-order valence-corrected chi connectivity index (χ0v) is 10.8. The van der Waals surface area contributed by atoms with E-state index in [1.54, 1.807) is 32.0 Å². The van der Waals surface area contributed by atoms with Crippen LogP contribution in [0.25, 0.3) is 0 Å². The van der Waals surface area contributed by atoms with E-state index in [1.807, 2.05) is 0 Å². The van der Waals surface area contributed by atoms with Gasteiger partial charge in [0.1, 0.15) is 5.75 Å². The van der Waals surface area contributed by atoms with Crippen LogP contribution in [0, 0.1) is 5.41 Å². The molecule has 0 atom stereocenters. The molecule has 4 nitrogen and oxygen atoms in total. The number of hydrogen-bond acceptors (Lipinski definition) is 3. The molecule has 0 radical (unpaired) electrons. The molecule has 0 saturated heterocycles. The highest BCUT2D eigenvalue weighted by atomic mass is 35.5. The van der Waals surface area contributed by atoms with Crippen molar-refractivity contribution in [2.45, 2.75) is 13.8 Å². The third-order valence-electron chi connectivity index (χ3n) is 2.42. The van der Waals surface area contributed by atoms with Gasteiger partial charge < -0.3 is 15.2 Å². The second-order valence-corrected chi connectivity index (χ2v) is 4.78. The molecule has 0 aliphatic heterocycles. The first-order valence-electron chi connectivity index (χ1n) is 5.16. The van der Waals surface area contributed by atoms with Crippen LogP contribution in [-0.2, 0) is 4.79 Å². The van der Waals surface area contributed by atoms with E-state index in [0.29, 0.717) is 16.5 Å². The maximum Gasteiger partial charge on any atom is 0.232 e. The summed E-state index contributed by atoms with van der Waals surface area (Å²) in [4.78, 5) is 11.9. The Balaban J connectivity index is 2.92. The van der Waals surface area contributed by atoms with E-state index in [-0.39, 0.29) is 12.5 Å². The number of anilines is 1. The van der Waals surface area contributed by atoms with E-state index in [9.17, 15) is 4.79 Å². The summed E-state index contributed by atoms with van der Waals surface area (Å²) in [6.07, 6.45) is 0. The molecule has 1 rings (SSSR count). The topological polar surface area (TPSA) is 58.6 Å². The first-order chi connectivity index (χ1) is 7.90. The number of ether oxygens (including phenoxy) is 1. The number of amides is 1. The smallest absolute Gasteiger partial charge is 0.232 e. The van der Waals surface area contributed by atoms with Crippen molar-refractivity contribution in [3.63, 3.8) is 0 Å². The number of halogens is 1. The van der Waals surface area contributed by atoms with Gasteiger partial charge in [-0.1, -0.05) is 11.6 Å². The van der Waals surface area contributed by atoms with Gasteiger partial charge in [-0.3, -0.25) is 4.79 Å². The molecular formula is C12H16ClNO3. The highest BCUT2D eigenvalue weighted by molar-refractivity contribution is 6.30. The molecule has 0 fully saturated rings. The molecule has 5 heteroatoms. The Morgan fingerprint density at radius 1 is 1.53 bits per heavy atom. The second-order valence-electron chi connectivity index (χ2n) is 4.34. The fourth-order valence-electron chi connectivity index (χ4n) is 1.13. The van der Waals surface area contributed by atoms with E-state index in [2.05, 4.69) is 5.32 Å². The molecule has 0 unspecified atom stereocenters. The van der Waals surface area contributed by atoms with Crippen LogP contribution in [0.4, 0.5) is 5.69 Å². The van der Waals surface area contributed by atoms with Crippen molar-refractivity contribution in [2.24, 2.45) is 5.41 Å². The van der Waals surface area contributed by atoms with Crippen LogP contribution in [0.1, 0.15) is 13.8 Å². The normalized spacial score (nSPS) is 11.1. The molecule has 0 heterocycles. The molecule has 0 bridgehead atoms. The third kappa shape index (κ3) is 3.35. The van der Waals surface area contributed by atoms with E-state index < -0.39 is 5.41 Å². The van der Waals surface area contributed by atoms with Gasteiger partial charge in [-0.25, -0.2) is 0 Å². The predicted octanol–water partition coefficient (Wildman–Crippen LogP) is 2.31. The molecule has 1 aromatic rings. The summed E-state index contributed by atoms with van der Waals surface area (Å²) in [5.41, 5.74) is -0.312. The number of aliphatic hydroxyl groups is 1. The van der Waals surface area contributed by atoms with Gasteiger partial charge in [0.05, 0.1) is 24.8 Å². The van der Waals surface area contributed by atoms with Crippen molar-refractivity contribution in [1.29, 1.82) is 0 Å². The molecule has 1 amide bonds. The number of hydrogen-bond donors (Lipinski definition) is 2. The van der Waals surface area contributed by atoms with Crippen LogP contribution in [-0.4, -0.2) is 24.7 Å². The number of nitrogens with one attached hydrogen (secondary N) is 1. The van der Waals surface area contributed by atoms with Gasteiger partial charge in [0.25, 0.3) is 0 Å². The monoisotopic (exact) mass is 257 g/mol. The number of benzene rings is 1. The lowest BCUT2D eigenvalue weighted by Crippen LogP contribution is -2.33. The molecule has 2 N–H and O–H groups in total. The summed E-state index contributed by atoms with van der Waals surface area (Å²) in [5.74, 6) is 0.209. The largest absolute Gasteiger partial charge is 0.495 e. The highest BCUT2D eigenvalue weighted by Crippen LogP contribution is 2.29. The van der Waals surface area contributed by atoms with Crippen molar-refractivity contribution >= 4 is 23.2 Å². The lowest BCUT2D eigenvalue weighted by molar-refractivity contribution is -0.125. The van der Waals surface area contributed by atoms with Crippen LogP contribution in [0.2, 0.25) is 5.02 Å². The van der Waals surface area contributed by atoms with Crippen LogP contribution in [0.15, 0.2) is 18.2 Å². The molecule has 0 aliphatic carbocycles. The quantitative estimate of drug-likeness (QED) is 0.870. The van der Waals surface area contributed by atoms with E-state index in [1.165, 1.54) is 7.11 Å². The average molecular weight is 258 g/mol. The molecule has 94 valence electrons. The summed E-state index contributed by atoms with van der Waals surface area (Å²) >= 11 is 5.82. The molecule has 0 aliphatic rings. The van der Waals surface area contributed by atoms with Crippen molar-refractivity contribution in [1.82, 2.24) is 0 Å². The molecule has 1 aromatic carbocycles. The number of carbonyl (C=O) groups is 1. The van der Waals surface area contributed by atoms with Gasteiger partial charge in [0.15, 0.2) is 0 Å². The van der Waals surface area contributed by atoms with Gasteiger partial charge >= 0.3 is 0 Å². The summed E-state index contributed by atoms with van der Waals surface area (Å²) < 4.78 is 5.11. The Morgan fingerprint density at radius 2 is 2.18 bits per heavy atom. The van der Waals surface area contributed by atoms with E-state index in [0.717, 1.165) is 0 Å². The number of carbonyl (C=O) groups excluding carboxylic acids is 1. The SMILES string of the molecule is COc1cc(Cl)ccc1NC(=O)C(C)(C)CO. The molecule has 0 saturated carbocycles. The zero-order chi connectivity index (χ0) is 13.1. The summed E-state index contributed by atoms with van der Waals surface area (Å²) in [6, 6.07) is 4.93. The van der Waals surface area contributed by atoms with Crippen molar-refractivity contribution in [2.75, 3.05) is 19.0 Å². The Morgan fingerprint density at radius 3 is 2.71 bits per heavy atom. The maximum atomic E-state index is 11.9. The standard InChI is InChI=1S/C12H16ClNO3/c1-12(2,7-15)11(16)14-9-5-4-8(13)6-10(9)17-3/h4-6,15H,7H2,1-3H3,(H,14,16). The molecular weight excluding hydrogens is 242 g/mol. The van der Waals surface area contributed by atoms with E-state index in [4.69, 9.17) is 21.4 Å². The summed E-state index contributed by atoms with van der Waals surface area (Å²) in [7, 11) is 1.50. The first-order valence-corrected chi connectivity index (χ1v) is 5.54. The Bertz CT molecular complexity index is 418. The summed E-state index contributed by atoms with van der Waals surface area (Å²) in [6.45, 7) is 3.09. The van der Waals surface area contributed by atoms with Crippen LogP contribution < -0.4 is 10.1 Å². The minimum absolute atomic E-state index is 0.227. The van der Waals surface area contributed by atoms with Crippen molar-refractivity contribution < 1.29 is 14.6 Å². The Hall–Kier alpha value is -1.26. The van der Waals surface area contributed by atoms with E-state index >= 15 is 0 Å². The number of rotatable bonds is 4. The fraction of sp³-hybridized carbons (Fsp3) is 0.417. The minimum Gasteiger partial charge on any atom is -0.495 e. The first kappa shape index (κ1) is 13.8. The third-order valence-corrected chi connectivity index (χ3v) is 2.66. The van der Waals surface area contributed by atoms with Crippen molar-refractivity contribution in [3.8, 4) is 5.75 Å². The second kappa shape index (κ2) is 5.38.